The summed E-state index contributed by atoms with van der Waals surface area (Å²) in [6.07, 6.45) is 3.95. The number of carbonyl (C=O) groups excluding carboxylic acids is 1. The maximum absolute atomic E-state index is 11.7. The maximum Gasteiger partial charge on any atom is 0.271 e. The van der Waals surface area contributed by atoms with Crippen molar-refractivity contribution in [3.63, 3.8) is 0 Å². The molecule has 2 rings (SSSR count). The molecule has 0 saturated heterocycles. The summed E-state index contributed by atoms with van der Waals surface area (Å²) in [4.78, 5) is 20.1. The molecule has 0 aliphatic carbocycles. The van der Waals surface area contributed by atoms with Crippen molar-refractivity contribution in [2.45, 2.75) is 27.2 Å². The van der Waals surface area contributed by atoms with E-state index >= 15 is 0 Å². The highest BCUT2D eigenvalue weighted by Gasteiger charge is 2.07. The Labute approximate surface area is 124 Å². The van der Waals surface area contributed by atoms with Crippen LogP contribution in [0.15, 0.2) is 30.6 Å². The van der Waals surface area contributed by atoms with E-state index in [0.717, 1.165) is 17.7 Å². The Morgan fingerprint density at radius 2 is 2.00 bits per heavy atom. The molecule has 1 aromatic carbocycles. The first kappa shape index (κ1) is 15.0. The predicted molar refractivity (Wildman–Crippen MR) is 83.9 cm³/mol. The summed E-state index contributed by atoms with van der Waals surface area (Å²) in [6.45, 7) is 6.74. The quantitative estimate of drug-likeness (QED) is 0.885. The third-order valence-corrected chi connectivity index (χ3v) is 3.06. The average Bonchev–Trinajstić information content (AvgIpc) is 2.48. The SMILES string of the molecule is CCCNC(=O)c1cnc(Nc2ccc(C)cc2C)cn1. The average molecular weight is 284 g/mol. The van der Waals surface area contributed by atoms with Crippen LogP contribution in [0.2, 0.25) is 0 Å². The van der Waals surface area contributed by atoms with Crippen LogP contribution in [0.3, 0.4) is 0 Å². The molecule has 110 valence electrons. The minimum atomic E-state index is -0.192. The number of benzene rings is 1. The molecule has 0 fully saturated rings. The van der Waals surface area contributed by atoms with Gasteiger partial charge in [-0.1, -0.05) is 24.6 Å². The third kappa shape index (κ3) is 4.02. The Balaban J connectivity index is 2.07. The number of anilines is 2. The van der Waals surface area contributed by atoms with Crippen molar-refractivity contribution in [1.82, 2.24) is 15.3 Å². The molecule has 2 N–H and O–H groups in total. The molecule has 0 bridgehead atoms. The van der Waals surface area contributed by atoms with Gasteiger partial charge in [0.05, 0.1) is 12.4 Å². The predicted octanol–water partition coefficient (Wildman–Crippen LogP) is 2.98. The van der Waals surface area contributed by atoms with E-state index in [0.29, 0.717) is 18.1 Å². The van der Waals surface area contributed by atoms with Crippen LogP contribution in [-0.2, 0) is 0 Å². The standard InChI is InChI=1S/C16H20N4O/c1-4-7-17-16(21)14-9-19-15(10-18-14)20-13-6-5-11(2)8-12(13)3/h5-6,8-10H,4,7H2,1-3H3,(H,17,21)(H,19,20). The van der Waals surface area contributed by atoms with Gasteiger partial charge in [-0.2, -0.15) is 0 Å². The first-order chi connectivity index (χ1) is 10.1. The molecule has 5 nitrogen and oxygen atoms in total. The smallest absolute Gasteiger partial charge is 0.271 e. The number of carbonyl (C=O) groups is 1. The van der Waals surface area contributed by atoms with Crippen molar-refractivity contribution in [2.75, 3.05) is 11.9 Å². The summed E-state index contributed by atoms with van der Waals surface area (Å²) in [5.41, 5.74) is 3.67. The molecule has 0 atom stereocenters. The fourth-order valence-corrected chi connectivity index (χ4v) is 1.93. The van der Waals surface area contributed by atoms with Gasteiger partial charge < -0.3 is 10.6 Å². The van der Waals surface area contributed by atoms with Crippen LogP contribution in [0, 0.1) is 13.8 Å². The fourth-order valence-electron chi connectivity index (χ4n) is 1.93. The van der Waals surface area contributed by atoms with Crippen LogP contribution >= 0.6 is 0 Å². The van der Waals surface area contributed by atoms with Gasteiger partial charge in [0, 0.05) is 12.2 Å². The zero-order chi connectivity index (χ0) is 15.2. The van der Waals surface area contributed by atoms with Gasteiger partial charge in [0.15, 0.2) is 0 Å². The molecule has 0 saturated carbocycles. The van der Waals surface area contributed by atoms with Gasteiger partial charge in [-0.3, -0.25) is 4.79 Å². The second kappa shape index (κ2) is 6.83. The summed E-state index contributed by atoms with van der Waals surface area (Å²) in [5.74, 6) is 0.427. The maximum atomic E-state index is 11.7. The number of rotatable bonds is 5. The lowest BCUT2D eigenvalue weighted by Crippen LogP contribution is -2.25. The van der Waals surface area contributed by atoms with Gasteiger partial charge in [-0.15, -0.1) is 0 Å². The number of hydrogen-bond donors (Lipinski definition) is 2. The van der Waals surface area contributed by atoms with Crippen LogP contribution in [0.4, 0.5) is 11.5 Å². The van der Waals surface area contributed by atoms with Crippen molar-refractivity contribution < 1.29 is 4.79 Å². The minimum absolute atomic E-state index is 0.192. The molecular formula is C16H20N4O. The van der Waals surface area contributed by atoms with Gasteiger partial charge in [-0.25, -0.2) is 9.97 Å². The van der Waals surface area contributed by atoms with E-state index in [2.05, 4.69) is 33.6 Å². The zero-order valence-electron chi connectivity index (χ0n) is 12.6. The van der Waals surface area contributed by atoms with Crippen LogP contribution in [-0.4, -0.2) is 22.4 Å². The van der Waals surface area contributed by atoms with E-state index in [1.807, 2.05) is 26.0 Å². The van der Waals surface area contributed by atoms with E-state index < -0.39 is 0 Å². The van der Waals surface area contributed by atoms with Crippen LogP contribution in [0.1, 0.15) is 35.0 Å². The number of aromatic nitrogens is 2. The summed E-state index contributed by atoms with van der Waals surface area (Å²) in [6, 6.07) is 6.14. The Morgan fingerprint density at radius 1 is 1.19 bits per heavy atom. The van der Waals surface area contributed by atoms with Gasteiger partial charge in [0.25, 0.3) is 5.91 Å². The second-order valence-corrected chi connectivity index (χ2v) is 4.99. The lowest BCUT2D eigenvalue weighted by molar-refractivity contribution is 0.0948. The van der Waals surface area contributed by atoms with E-state index in [1.54, 1.807) is 6.20 Å². The Bertz CT molecular complexity index is 623. The number of nitrogens with one attached hydrogen (secondary N) is 2. The molecule has 2 aromatic rings. The molecule has 21 heavy (non-hydrogen) atoms. The number of nitrogens with zero attached hydrogens (tertiary/aromatic N) is 2. The van der Waals surface area contributed by atoms with Crippen molar-refractivity contribution in [2.24, 2.45) is 0 Å². The van der Waals surface area contributed by atoms with Gasteiger partial charge >= 0.3 is 0 Å². The Hall–Kier alpha value is -2.43. The monoisotopic (exact) mass is 284 g/mol. The van der Waals surface area contributed by atoms with E-state index in [9.17, 15) is 4.79 Å². The highest BCUT2D eigenvalue weighted by molar-refractivity contribution is 5.92. The molecule has 0 aliphatic heterocycles. The Kier molecular flexibility index (Phi) is 4.87. The van der Waals surface area contributed by atoms with E-state index in [1.165, 1.54) is 11.8 Å². The topological polar surface area (TPSA) is 66.9 Å². The Morgan fingerprint density at radius 3 is 2.62 bits per heavy atom. The molecule has 1 aromatic heterocycles. The highest BCUT2D eigenvalue weighted by atomic mass is 16.1. The first-order valence-electron chi connectivity index (χ1n) is 7.04. The largest absolute Gasteiger partial charge is 0.351 e. The fraction of sp³-hybridized carbons (Fsp3) is 0.312. The summed E-state index contributed by atoms with van der Waals surface area (Å²) < 4.78 is 0. The first-order valence-corrected chi connectivity index (χ1v) is 7.04. The second-order valence-electron chi connectivity index (χ2n) is 4.99. The zero-order valence-corrected chi connectivity index (χ0v) is 12.6. The van der Waals surface area contributed by atoms with Crippen molar-refractivity contribution >= 4 is 17.4 Å². The summed E-state index contributed by atoms with van der Waals surface area (Å²) >= 11 is 0. The van der Waals surface area contributed by atoms with Crippen molar-refractivity contribution in [3.8, 4) is 0 Å². The number of amides is 1. The van der Waals surface area contributed by atoms with E-state index in [4.69, 9.17) is 0 Å². The molecule has 1 amide bonds. The molecule has 5 heteroatoms. The molecule has 0 spiro atoms. The van der Waals surface area contributed by atoms with E-state index in [-0.39, 0.29) is 5.91 Å². The molecule has 0 unspecified atom stereocenters. The van der Waals surface area contributed by atoms with Gasteiger partial charge in [0.2, 0.25) is 0 Å². The lowest BCUT2D eigenvalue weighted by Gasteiger charge is -2.09. The van der Waals surface area contributed by atoms with Gasteiger partial charge in [-0.05, 0) is 31.9 Å². The van der Waals surface area contributed by atoms with Gasteiger partial charge in [0.1, 0.15) is 11.5 Å². The molecule has 0 aliphatic rings. The highest BCUT2D eigenvalue weighted by Crippen LogP contribution is 2.19. The molecule has 0 radical (unpaired) electrons. The molecular weight excluding hydrogens is 264 g/mol. The lowest BCUT2D eigenvalue weighted by atomic mass is 10.1. The van der Waals surface area contributed by atoms with Crippen molar-refractivity contribution in [3.05, 3.63) is 47.4 Å². The minimum Gasteiger partial charge on any atom is -0.351 e. The number of hydrogen-bond acceptors (Lipinski definition) is 4. The summed E-state index contributed by atoms with van der Waals surface area (Å²) in [5, 5.41) is 5.97. The van der Waals surface area contributed by atoms with Crippen LogP contribution in [0.25, 0.3) is 0 Å². The molecule has 1 heterocycles. The van der Waals surface area contributed by atoms with Crippen molar-refractivity contribution in [1.29, 1.82) is 0 Å². The normalized spacial score (nSPS) is 10.2. The van der Waals surface area contributed by atoms with Crippen LogP contribution in [0.5, 0.6) is 0 Å². The van der Waals surface area contributed by atoms with Crippen LogP contribution < -0.4 is 10.6 Å². The third-order valence-electron chi connectivity index (χ3n) is 3.06. The summed E-state index contributed by atoms with van der Waals surface area (Å²) in [7, 11) is 0. The number of aryl methyl sites for hydroxylation is 2.